The van der Waals surface area contributed by atoms with Gasteiger partial charge in [0, 0.05) is 30.3 Å². The molecular weight excluding hydrogens is 290 g/mol. The van der Waals surface area contributed by atoms with Crippen molar-refractivity contribution in [2.75, 3.05) is 19.7 Å². The van der Waals surface area contributed by atoms with Crippen molar-refractivity contribution in [1.82, 2.24) is 14.9 Å². The maximum atomic E-state index is 12.8. The summed E-state index contributed by atoms with van der Waals surface area (Å²) in [7, 11) is 0. The molecular formula is C18H21N3O2. The van der Waals surface area contributed by atoms with Gasteiger partial charge in [-0.25, -0.2) is 4.98 Å². The molecule has 1 N–H and O–H groups in total. The molecule has 1 aliphatic heterocycles. The molecule has 1 saturated heterocycles. The number of benzene rings is 1. The Labute approximate surface area is 135 Å². The summed E-state index contributed by atoms with van der Waals surface area (Å²) < 4.78 is 6.02. The zero-order chi connectivity index (χ0) is 15.9. The Morgan fingerprint density at radius 1 is 1.39 bits per heavy atom. The zero-order valence-corrected chi connectivity index (χ0v) is 13.2. The van der Waals surface area contributed by atoms with Crippen LogP contribution in [-0.2, 0) is 15.1 Å². The minimum absolute atomic E-state index is 0.0913. The number of hydrogen-bond acceptors (Lipinski definition) is 3. The molecule has 2 aromatic rings. The number of imidazole rings is 1. The van der Waals surface area contributed by atoms with Crippen LogP contribution in [0.2, 0.25) is 0 Å². The van der Waals surface area contributed by atoms with E-state index in [0.717, 1.165) is 17.7 Å². The molecule has 0 radical (unpaired) electrons. The van der Waals surface area contributed by atoms with Gasteiger partial charge in [0.05, 0.1) is 19.5 Å². The van der Waals surface area contributed by atoms with Crippen molar-refractivity contribution in [3.8, 4) is 0 Å². The predicted molar refractivity (Wildman–Crippen MR) is 85.8 cm³/mol. The van der Waals surface area contributed by atoms with E-state index in [9.17, 15) is 4.79 Å². The summed E-state index contributed by atoms with van der Waals surface area (Å²) in [6.07, 6.45) is 4.42. The second-order valence-electron chi connectivity index (χ2n) is 6.66. The van der Waals surface area contributed by atoms with Gasteiger partial charge in [-0.2, -0.15) is 0 Å². The second-order valence-corrected chi connectivity index (χ2v) is 6.66. The molecule has 0 spiro atoms. The van der Waals surface area contributed by atoms with Crippen molar-refractivity contribution in [2.24, 2.45) is 5.92 Å². The fourth-order valence-corrected chi connectivity index (χ4v) is 3.54. The van der Waals surface area contributed by atoms with E-state index in [-0.39, 0.29) is 11.8 Å². The zero-order valence-electron chi connectivity index (χ0n) is 13.2. The van der Waals surface area contributed by atoms with Gasteiger partial charge in [0.2, 0.25) is 5.91 Å². The standard InChI is InChI=1S/C18H21N3O2/c1-18(13-5-3-2-4-6-13)11-21(7-8-23-18)17(22)15-9-14(15)16-10-19-12-20-16/h2-6,10,12,14-15H,7-9,11H2,1H3,(H,19,20)/t14-,15-,18?/m1/s1. The number of aromatic amines is 1. The number of carbonyl (C=O) groups is 1. The van der Waals surface area contributed by atoms with Crippen LogP contribution < -0.4 is 0 Å². The van der Waals surface area contributed by atoms with Crippen LogP contribution in [-0.4, -0.2) is 40.5 Å². The first kappa shape index (κ1) is 14.5. The monoisotopic (exact) mass is 311 g/mol. The topological polar surface area (TPSA) is 58.2 Å². The third-order valence-electron chi connectivity index (χ3n) is 5.00. The Morgan fingerprint density at radius 3 is 2.96 bits per heavy atom. The molecule has 4 rings (SSSR count). The highest BCUT2D eigenvalue weighted by Crippen LogP contribution is 2.48. The van der Waals surface area contributed by atoms with Crippen LogP contribution in [0.4, 0.5) is 0 Å². The van der Waals surface area contributed by atoms with E-state index in [0.29, 0.717) is 25.6 Å². The number of rotatable bonds is 3. The smallest absolute Gasteiger partial charge is 0.226 e. The van der Waals surface area contributed by atoms with Gasteiger partial charge in [-0.05, 0) is 18.9 Å². The van der Waals surface area contributed by atoms with E-state index in [1.165, 1.54) is 0 Å². The maximum absolute atomic E-state index is 12.8. The minimum Gasteiger partial charge on any atom is -0.367 e. The Bertz CT molecular complexity index is 686. The van der Waals surface area contributed by atoms with Crippen molar-refractivity contribution in [3.05, 3.63) is 54.1 Å². The van der Waals surface area contributed by atoms with Crippen LogP contribution in [0.3, 0.4) is 0 Å². The summed E-state index contributed by atoms with van der Waals surface area (Å²) in [5.74, 6) is 0.638. The average molecular weight is 311 g/mol. The number of nitrogens with one attached hydrogen (secondary N) is 1. The normalized spacial score (nSPS) is 30.2. The first-order valence-corrected chi connectivity index (χ1v) is 8.14. The van der Waals surface area contributed by atoms with Crippen molar-refractivity contribution in [3.63, 3.8) is 0 Å². The van der Waals surface area contributed by atoms with Gasteiger partial charge < -0.3 is 14.6 Å². The summed E-state index contributed by atoms with van der Waals surface area (Å²) in [5, 5.41) is 0. The molecule has 3 atom stereocenters. The van der Waals surface area contributed by atoms with Crippen LogP contribution >= 0.6 is 0 Å². The Hall–Kier alpha value is -2.14. The van der Waals surface area contributed by atoms with Crippen LogP contribution in [0.15, 0.2) is 42.9 Å². The molecule has 1 saturated carbocycles. The molecule has 120 valence electrons. The van der Waals surface area contributed by atoms with Crippen molar-refractivity contribution >= 4 is 5.91 Å². The highest BCUT2D eigenvalue weighted by molar-refractivity contribution is 5.83. The van der Waals surface area contributed by atoms with Gasteiger partial charge in [0.1, 0.15) is 5.60 Å². The fraction of sp³-hybridized carbons (Fsp3) is 0.444. The van der Waals surface area contributed by atoms with Crippen LogP contribution in [0.1, 0.15) is 30.5 Å². The number of nitrogens with zero attached hydrogens (tertiary/aromatic N) is 2. The molecule has 0 bridgehead atoms. The molecule has 5 heteroatoms. The Kier molecular flexibility index (Phi) is 3.45. The molecule has 1 amide bonds. The SMILES string of the molecule is CC1(c2ccccc2)CN(C(=O)[C@@H]2C[C@H]2c2cnc[nH]2)CCO1. The van der Waals surface area contributed by atoms with Gasteiger partial charge in [-0.15, -0.1) is 0 Å². The van der Waals surface area contributed by atoms with Crippen molar-refractivity contribution < 1.29 is 9.53 Å². The molecule has 1 aliphatic carbocycles. The predicted octanol–water partition coefficient (Wildman–Crippen LogP) is 2.29. The van der Waals surface area contributed by atoms with E-state index in [1.54, 1.807) is 6.33 Å². The largest absolute Gasteiger partial charge is 0.367 e. The number of morpholine rings is 1. The fourth-order valence-electron chi connectivity index (χ4n) is 3.54. The van der Waals surface area contributed by atoms with Crippen LogP contribution in [0, 0.1) is 5.92 Å². The van der Waals surface area contributed by atoms with E-state index < -0.39 is 5.60 Å². The number of ether oxygens (including phenoxy) is 1. The number of aromatic nitrogens is 2. The van der Waals surface area contributed by atoms with E-state index in [1.807, 2.05) is 29.3 Å². The van der Waals surface area contributed by atoms with E-state index >= 15 is 0 Å². The molecule has 2 fully saturated rings. The van der Waals surface area contributed by atoms with Crippen molar-refractivity contribution in [1.29, 1.82) is 0 Å². The number of H-pyrrole nitrogens is 1. The molecule has 2 aliphatic rings. The lowest BCUT2D eigenvalue weighted by atomic mass is 9.93. The third-order valence-corrected chi connectivity index (χ3v) is 5.00. The van der Waals surface area contributed by atoms with Gasteiger partial charge in [-0.3, -0.25) is 4.79 Å². The van der Waals surface area contributed by atoms with Gasteiger partial charge in [-0.1, -0.05) is 30.3 Å². The molecule has 1 aromatic carbocycles. The summed E-state index contributed by atoms with van der Waals surface area (Å²) in [4.78, 5) is 22.0. The lowest BCUT2D eigenvalue weighted by Gasteiger charge is -2.41. The van der Waals surface area contributed by atoms with Gasteiger partial charge in [0.15, 0.2) is 0 Å². The second kappa shape index (κ2) is 5.49. The number of amides is 1. The Balaban J connectivity index is 1.47. The third kappa shape index (κ3) is 2.65. The molecule has 5 nitrogen and oxygen atoms in total. The lowest BCUT2D eigenvalue weighted by Crippen LogP contribution is -2.51. The Morgan fingerprint density at radius 2 is 2.22 bits per heavy atom. The van der Waals surface area contributed by atoms with Gasteiger partial charge >= 0.3 is 0 Å². The lowest BCUT2D eigenvalue weighted by molar-refractivity contribution is -0.151. The highest BCUT2D eigenvalue weighted by atomic mass is 16.5. The number of hydrogen-bond donors (Lipinski definition) is 1. The maximum Gasteiger partial charge on any atom is 0.226 e. The average Bonchev–Trinajstić information content (AvgIpc) is 3.20. The molecule has 23 heavy (non-hydrogen) atoms. The summed E-state index contributed by atoms with van der Waals surface area (Å²) in [5.41, 5.74) is 1.77. The van der Waals surface area contributed by atoms with E-state index in [4.69, 9.17) is 4.74 Å². The summed E-state index contributed by atoms with van der Waals surface area (Å²) >= 11 is 0. The highest BCUT2D eigenvalue weighted by Gasteiger charge is 2.48. The quantitative estimate of drug-likeness (QED) is 0.946. The van der Waals surface area contributed by atoms with Crippen LogP contribution in [0.25, 0.3) is 0 Å². The first-order valence-electron chi connectivity index (χ1n) is 8.14. The minimum atomic E-state index is -0.423. The van der Waals surface area contributed by atoms with E-state index in [2.05, 4.69) is 29.0 Å². The number of carbonyl (C=O) groups excluding carboxylic acids is 1. The summed E-state index contributed by atoms with van der Waals surface area (Å²) in [6, 6.07) is 10.2. The van der Waals surface area contributed by atoms with Crippen LogP contribution in [0.5, 0.6) is 0 Å². The first-order chi connectivity index (χ1) is 11.2. The van der Waals surface area contributed by atoms with Gasteiger partial charge in [0.25, 0.3) is 0 Å². The molecule has 2 heterocycles. The van der Waals surface area contributed by atoms with Crippen molar-refractivity contribution in [2.45, 2.75) is 24.9 Å². The molecule has 1 aromatic heterocycles. The molecule has 1 unspecified atom stereocenters. The summed E-state index contributed by atoms with van der Waals surface area (Å²) in [6.45, 7) is 3.94.